The van der Waals surface area contributed by atoms with Crippen LogP contribution in [0.4, 0.5) is 4.79 Å². The van der Waals surface area contributed by atoms with E-state index in [1.165, 1.54) is 4.90 Å². The van der Waals surface area contributed by atoms with Gasteiger partial charge in [0.15, 0.2) is 0 Å². The summed E-state index contributed by atoms with van der Waals surface area (Å²) in [5, 5.41) is 0.620. The van der Waals surface area contributed by atoms with Crippen LogP contribution in [0.5, 0.6) is 11.5 Å². The Morgan fingerprint density at radius 3 is 2.31 bits per heavy atom. The number of carbonyl (C=O) groups excluding carboxylic acids is 2. The molecule has 0 spiro atoms. The highest BCUT2D eigenvalue weighted by molar-refractivity contribution is 9.11. The van der Waals surface area contributed by atoms with Crippen LogP contribution < -0.4 is 9.47 Å². The molecule has 0 aromatic heterocycles. The van der Waals surface area contributed by atoms with Crippen molar-refractivity contribution in [3.63, 3.8) is 0 Å². The number of hydrogen-bond acceptors (Lipinski definition) is 5. The van der Waals surface area contributed by atoms with Gasteiger partial charge in [-0.1, -0.05) is 47.5 Å². The highest BCUT2D eigenvalue weighted by atomic mass is 79.9. The molecule has 10 heteroatoms. The number of benzene rings is 3. The van der Waals surface area contributed by atoms with Crippen LogP contribution in [-0.2, 0) is 11.4 Å². The molecule has 0 unspecified atom stereocenters. The zero-order chi connectivity index (χ0) is 24.9. The van der Waals surface area contributed by atoms with Crippen LogP contribution in [0, 0.1) is 0 Å². The molecule has 0 N–H and O–H groups in total. The summed E-state index contributed by atoms with van der Waals surface area (Å²) >= 11 is 20.0. The van der Waals surface area contributed by atoms with Gasteiger partial charge in [-0.05, 0) is 97.2 Å². The SMILES string of the molecule is O=C1S/C(=C\c2cc(Br)c(OCc3ccc(Cl)c(Cl)c3)c(Br)c2)C(=O)N1CCOc1ccccc1. The van der Waals surface area contributed by atoms with Crippen LogP contribution in [0.1, 0.15) is 11.1 Å². The maximum absolute atomic E-state index is 12.8. The van der Waals surface area contributed by atoms with Crippen molar-refractivity contribution in [1.29, 1.82) is 0 Å². The minimum atomic E-state index is -0.344. The van der Waals surface area contributed by atoms with Crippen LogP contribution in [0.3, 0.4) is 0 Å². The van der Waals surface area contributed by atoms with Gasteiger partial charge in [0.05, 0.1) is 30.4 Å². The summed E-state index contributed by atoms with van der Waals surface area (Å²) in [5.74, 6) is 0.939. The first kappa shape index (κ1) is 26.1. The molecule has 0 aliphatic carbocycles. The van der Waals surface area contributed by atoms with Gasteiger partial charge in [-0.2, -0.15) is 0 Å². The van der Waals surface area contributed by atoms with Crippen LogP contribution in [0.25, 0.3) is 6.08 Å². The van der Waals surface area contributed by atoms with Crippen molar-refractivity contribution in [3.8, 4) is 11.5 Å². The molecule has 180 valence electrons. The van der Waals surface area contributed by atoms with Gasteiger partial charge in [0.25, 0.3) is 11.1 Å². The second-order valence-electron chi connectivity index (χ2n) is 7.35. The number of ether oxygens (including phenoxy) is 2. The molecule has 1 aliphatic rings. The Morgan fingerprint density at radius 2 is 1.63 bits per heavy atom. The van der Waals surface area contributed by atoms with Gasteiger partial charge in [-0.3, -0.25) is 14.5 Å². The van der Waals surface area contributed by atoms with Gasteiger partial charge in [0.1, 0.15) is 24.7 Å². The van der Waals surface area contributed by atoms with Gasteiger partial charge in [-0.25, -0.2) is 0 Å². The van der Waals surface area contributed by atoms with Gasteiger partial charge >= 0.3 is 0 Å². The number of thioether (sulfide) groups is 1. The summed E-state index contributed by atoms with van der Waals surface area (Å²) in [6.07, 6.45) is 1.68. The number of nitrogens with zero attached hydrogens (tertiary/aromatic N) is 1. The Labute approximate surface area is 233 Å². The molecule has 3 aromatic rings. The summed E-state index contributed by atoms with van der Waals surface area (Å²) in [6.45, 7) is 0.681. The van der Waals surface area contributed by atoms with E-state index in [1.807, 2.05) is 48.5 Å². The van der Waals surface area contributed by atoms with E-state index in [9.17, 15) is 9.59 Å². The van der Waals surface area contributed by atoms with Gasteiger partial charge < -0.3 is 9.47 Å². The number of rotatable bonds is 8. The maximum atomic E-state index is 12.8. The van der Waals surface area contributed by atoms with Crippen molar-refractivity contribution in [2.75, 3.05) is 13.2 Å². The standard InChI is InChI=1S/C25H17Br2Cl2NO4S/c26-18-10-16(11-19(27)23(18)34-14-15-6-7-20(28)21(29)12-15)13-22-24(31)30(25(32)35-22)8-9-33-17-4-2-1-3-5-17/h1-7,10-13H,8-9,14H2/b22-13-. The highest BCUT2D eigenvalue weighted by Gasteiger charge is 2.34. The summed E-state index contributed by atoms with van der Waals surface area (Å²) in [5.41, 5.74) is 1.60. The Morgan fingerprint density at radius 1 is 0.914 bits per heavy atom. The van der Waals surface area contributed by atoms with Crippen molar-refractivity contribution in [2.24, 2.45) is 0 Å². The monoisotopic (exact) mass is 655 g/mol. The summed E-state index contributed by atoms with van der Waals surface area (Å²) in [7, 11) is 0. The van der Waals surface area contributed by atoms with Crippen molar-refractivity contribution >= 4 is 84.0 Å². The Balaban J connectivity index is 1.41. The van der Waals surface area contributed by atoms with E-state index in [4.69, 9.17) is 32.7 Å². The summed E-state index contributed by atoms with van der Waals surface area (Å²) < 4.78 is 12.9. The third kappa shape index (κ3) is 6.62. The minimum absolute atomic E-state index is 0.172. The molecule has 35 heavy (non-hydrogen) atoms. The van der Waals surface area contributed by atoms with Crippen LogP contribution in [0.15, 0.2) is 74.5 Å². The first-order valence-electron chi connectivity index (χ1n) is 10.3. The normalized spacial score (nSPS) is 14.6. The third-order valence-electron chi connectivity index (χ3n) is 4.89. The Kier molecular flexibility index (Phi) is 8.83. The predicted octanol–water partition coefficient (Wildman–Crippen LogP) is 8.21. The molecule has 0 atom stereocenters. The quantitative estimate of drug-likeness (QED) is 0.229. The molecule has 1 heterocycles. The summed E-state index contributed by atoms with van der Waals surface area (Å²) in [6, 6.07) is 18.2. The average molecular weight is 658 g/mol. The van der Waals surface area contributed by atoms with E-state index in [-0.39, 0.29) is 30.9 Å². The number of carbonyl (C=O) groups is 2. The predicted molar refractivity (Wildman–Crippen MR) is 147 cm³/mol. The molecule has 4 rings (SSSR count). The molecular weight excluding hydrogens is 641 g/mol. The first-order valence-corrected chi connectivity index (χ1v) is 13.5. The van der Waals surface area contributed by atoms with Crippen molar-refractivity contribution < 1.29 is 19.1 Å². The lowest BCUT2D eigenvalue weighted by Crippen LogP contribution is -2.32. The van der Waals surface area contributed by atoms with Gasteiger partial charge in [0, 0.05) is 0 Å². The number of para-hydroxylation sites is 1. The fourth-order valence-corrected chi connectivity index (χ4v) is 5.84. The molecule has 0 bridgehead atoms. The van der Waals surface area contributed by atoms with Crippen molar-refractivity contribution in [1.82, 2.24) is 4.90 Å². The number of amides is 2. The number of hydrogen-bond donors (Lipinski definition) is 0. The first-order chi connectivity index (χ1) is 16.8. The fraction of sp³-hybridized carbons (Fsp3) is 0.120. The van der Waals surface area contributed by atoms with E-state index >= 15 is 0 Å². The van der Waals surface area contributed by atoms with Crippen molar-refractivity contribution in [2.45, 2.75) is 6.61 Å². The lowest BCUT2D eigenvalue weighted by atomic mass is 10.2. The lowest BCUT2D eigenvalue weighted by molar-refractivity contribution is -0.123. The third-order valence-corrected chi connectivity index (χ3v) is 7.71. The van der Waals surface area contributed by atoms with E-state index < -0.39 is 0 Å². The van der Waals surface area contributed by atoms with Crippen LogP contribution in [-0.4, -0.2) is 29.2 Å². The molecule has 1 aliphatic heterocycles. The highest BCUT2D eigenvalue weighted by Crippen LogP contribution is 2.38. The molecule has 1 fully saturated rings. The topological polar surface area (TPSA) is 55.8 Å². The molecule has 1 saturated heterocycles. The Hall–Kier alpha value is -1.97. The smallest absolute Gasteiger partial charge is 0.293 e. The molecule has 2 amide bonds. The summed E-state index contributed by atoms with van der Waals surface area (Å²) in [4.78, 5) is 26.7. The average Bonchev–Trinajstić information content (AvgIpc) is 3.08. The van der Waals surface area contributed by atoms with Crippen molar-refractivity contribution in [3.05, 3.63) is 95.7 Å². The number of halogens is 4. The van der Waals surface area contributed by atoms with E-state index in [1.54, 1.807) is 18.2 Å². The molecular formula is C25H17Br2Cl2NO4S. The zero-order valence-corrected chi connectivity index (χ0v) is 23.5. The van der Waals surface area contributed by atoms with Crippen LogP contribution in [0.2, 0.25) is 10.0 Å². The largest absolute Gasteiger partial charge is 0.492 e. The van der Waals surface area contributed by atoms with E-state index in [0.717, 1.165) is 22.9 Å². The molecule has 0 saturated carbocycles. The second-order valence-corrected chi connectivity index (χ2v) is 10.9. The lowest BCUT2D eigenvalue weighted by Gasteiger charge is -2.13. The zero-order valence-electron chi connectivity index (χ0n) is 18.0. The van der Waals surface area contributed by atoms with E-state index in [0.29, 0.717) is 35.4 Å². The number of imide groups is 1. The minimum Gasteiger partial charge on any atom is -0.492 e. The molecule has 3 aromatic carbocycles. The van der Waals surface area contributed by atoms with E-state index in [2.05, 4.69) is 31.9 Å². The molecule has 0 radical (unpaired) electrons. The maximum Gasteiger partial charge on any atom is 0.293 e. The van der Waals surface area contributed by atoms with Crippen LogP contribution >= 0.6 is 66.8 Å². The molecule has 5 nitrogen and oxygen atoms in total. The second kappa shape index (κ2) is 11.8. The Bertz CT molecular complexity index is 1280. The van der Waals surface area contributed by atoms with Gasteiger partial charge in [0.2, 0.25) is 0 Å². The van der Waals surface area contributed by atoms with Gasteiger partial charge in [-0.15, -0.1) is 0 Å². The fourth-order valence-electron chi connectivity index (χ4n) is 3.20.